The minimum absolute atomic E-state index is 0.00175. The standard InChI is InChI=1S/C26H50O3S2.C25H46O3S/c1-4-5-6-7-8-9-10-11-12-13-14-15-16-17-18-19-21-29-25(27)20-22-31-26(28)23-24(2)30-3;1-3-5-6-7-8-9-10-11-12-13-14-15-16-17-18-19-22-28-24(26)21-23-29-25(27)20-4-2/h24H,4-23H2,1-3H3;4,20H,3,5-19,21-23H2,1-2H3/b;20-4+. The lowest BCUT2D eigenvalue weighted by Crippen LogP contribution is -2.09. The lowest BCUT2D eigenvalue weighted by atomic mass is 10.0. The predicted octanol–water partition coefficient (Wildman–Crippen LogP) is 16.6. The van der Waals surface area contributed by atoms with Gasteiger partial charge in [0, 0.05) is 23.2 Å². The van der Waals surface area contributed by atoms with Crippen molar-refractivity contribution in [2.75, 3.05) is 31.0 Å². The molecule has 0 aromatic rings. The zero-order valence-corrected chi connectivity index (χ0v) is 42.4. The molecule has 0 radical (unpaired) electrons. The smallest absolute Gasteiger partial charge is 0.306 e. The van der Waals surface area contributed by atoms with Gasteiger partial charge in [0.15, 0.2) is 5.12 Å². The van der Waals surface area contributed by atoms with Crippen LogP contribution in [0.5, 0.6) is 0 Å². The molecule has 1 atom stereocenters. The Balaban J connectivity index is 0. The molecule has 0 aliphatic rings. The number of hydrogen-bond acceptors (Lipinski definition) is 9. The SMILES string of the molecule is C/C=C/C(=O)SCCC(=O)OCCCCCCCCCCCCCCCCCC.CCCCCCCCCCCCCCCCCCOC(=O)CCSC(=O)CC(C)SC. The number of unbranched alkanes of at least 4 members (excludes halogenated alkanes) is 30. The molecule has 0 fully saturated rings. The molecule has 0 bridgehead atoms. The Labute approximate surface area is 385 Å². The van der Waals surface area contributed by atoms with Crippen LogP contribution in [0.3, 0.4) is 0 Å². The highest BCUT2D eigenvalue weighted by atomic mass is 32.2. The highest BCUT2D eigenvalue weighted by molar-refractivity contribution is 8.14. The second-order valence-electron chi connectivity index (χ2n) is 16.7. The molecule has 0 saturated heterocycles. The van der Waals surface area contributed by atoms with Crippen LogP contribution in [0.4, 0.5) is 0 Å². The van der Waals surface area contributed by atoms with Gasteiger partial charge in [-0.3, -0.25) is 19.2 Å². The number of allylic oxidation sites excluding steroid dienone is 1. The lowest BCUT2D eigenvalue weighted by molar-refractivity contribution is -0.144. The molecule has 0 aromatic carbocycles. The largest absolute Gasteiger partial charge is 0.466 e. The van der Waals surface area contributed by atoms with Crippen LogP contribution >= 0.6 is 35.3 Å². The van der Waals surface area contributed by atoms with Crippen molar-refractivity contribution in [3.05, 3.63) is 12.2 Å². The average Bonchev–Trinajstić information content (AvgIpc) is 3.23. The number of hydrogen-bond donors (Lipinski definition) is 0. The van der Waals surface area contributed by atoms with Gasteiger partial charge in [0.05, 0.1) is 26.1 Å². The molecule has 0 aliphatic heterocycles. The molecular formula is C51H96O6S3. The van der Waals surface area contributed by atoms with E-state index in [0.29, 0.717) is 49.2 Å². The molecule has 0 rings (SSSR count). The molecule has 354 valence electrons. The van der Waals surface area contributed by atoms with E-state index in [1.54, 1.807) is 17.8 Å². The van der Waals surface area contributed by atoms with Crippen molar-refractivity contribution in [3.8, 4) is 0 Å². The minimum atomic E-state index is -0.188. The van der Waals surface area contributed by atoms with Gasteiger partial charge in [-0.05, 0) is 32.1 Å². The van der Waals surface area contributed by atoms with E-state index in [4.69, 9.17) is 9.47 Å². The van der Waals surface area contributed by atoms with Gasteiger partial charge in [-0.2, -0.15) is 11.8 Å². The highest BCUT2D eigenvalue weighted by Crippen LogP contribution is 2.18. The van der Waals surface area contributed by atoms with Crippen molar-refractivity contribution in [2.45, 2.75) is 258 Å². The molecular weight excluding hydrogens is 805 g/mol. The van der Waals surface area contributed by atoms with Crippen molar-refractivity contribution in [2.24, 2.45) is 0 Å². The van der Waals surface area contributed by atoms with Crippen LogP contribution in [-0.2, 0) is 28.7 Å². The van der Waals surface area contributed by atoms with Crippen molar-refractivity contribution < 1.29 is 28.7 Å². The quantitative estimate of drug-likeness (QED) is 0.0337. The number of esters is 2. The third-order valence-electron chi connectivity index (χ3n) is 10.8. The van der Waals surface area contributed by atoms with E-state index in [1.165, 1.54) is 209 Å². The van der Waals surface area contributed by atoms with E-state index in [0.717, 1.165) is 25.7 Å². The first-order chi connectivity index (χ1) is 29.3. The Morgan fingerprint density at radius 2 is 0.767 bits per heavy atom. The molecule has 0 spiro atoms. The predicted molar refractivity (Wildman–Crippen MR) is 268 cm³/mol. The van der Waals surface area contributed by atoms with Crippen molar-refractivity contribution in [3.63, 3.8) is 0 Å². The maximum atomic E-state index is 11.7. The van der Waals surface area contributed by atoms with Crippen LogP contribution in [0, 0.1) is 0 Å². The van der Waals surface area contributed by atoms with Gasteiger partial charge in [0.1, 0.15) is 0 Å². The summed E-state index contributed by atoms with van der Waals surface area (Å²) in [7, 11) is 0. The van der Waals surface area contributed by atoms with E-state index in [2.05, 4.69) is 20.8 Å². The second-order valence-corrected chi connectivity index (χ2v) is 20.2. The third-order valence-corrected chi connectivity index (χ3v) is 13.5. The zero-order chi connectivity index (χ0) is 44.4. The molecule has 0 heterocycles. The van der Waals surface area contributed by atoms with Crippen LogP contribution in [0.2, 0.25) is 0 Å². The Morgan fingerprint density at radius 3 is 1.07 bits per heavy atom. The first kappa shape index (κ1) is 61.2. The summed E-state index contributed by atoms with van der Waals surface area (Å²) in [5.41, 5.74) is 0. The molecule has 0 saturated carbocycles. The van der Waals surface area contributed by atoms with Gasteiger partial charge in [-0.15, -0.1) is 0 Å². The summed E-state index contributed by atoms with van der Waals surface area (Å²) >= 11 is 4.12. The van der Waals surface area contributed by atoms with E-state index in [1.807, 2.05) is 13.2 Å². The molecule has 1 unspecified atom stereocenters. The molecule has 0 aromatic heterocycles. The summed E-state index contributed by atoms with van der Waals surface area (Å²) in [4.78, 5) is 46.3. The summed E-state index contributed by atoms with van der Waals surface area (Å²) in [6, 6.07) is 0. The van der Waals surface area contributed by atoms with E-state index in [-0.39, 0.29) is 22.2 Å². The third kappa shape index (κ3) is 53.2. The lowest BCUT2D eigenvalue weighted by Gasteiger charge is -2.07. The van der Waals surface area contributed by atoms with Crippen LogP contribution in [0.15, 0.2) is 12.2 Å². The fraction of sp³-hybridized carbons (Fsp3) is 0.882. The van der Waals surface area contributed by atoms with Gasteiger partial charge in [0.2, 0.25) is 5.12 Å². The van der Waals surface area contributed by atoms with Crippen LogP contribution < -0.4 is 0 Å². The van der Waals surface area contributed by atoms with Crippen LogP contribution in [-0.4, -0.2) is 58.4 Å². The molecule has 60 heavy (non-hydrogen) atoms. The average molecular weight is 902 g/mol. The Bertz CT molecular complexity index is 975. The Morgan fingerprint density at radius 1 is 0.467 bits per heavy atom. The van der Waals surface area contributed by atoms with Crippen molar-refractivity contribution >= 4 is 57.5 Å². The van der Waals surface area contributed by atoms with E-state index < -0.39 is 0 Å². The highest BCUT2D eigenvalue weighted by Gasteiger charge is 2.10. The van der Waals surface area contributed by atoms with Gasteiger partial charge < -0.3 is 9.47 Å². The normalized spacial score (nSPS) is 11.7. The number of thioether (sulfide) groups is 3. The summed E-state index contributed by atoms with van der Waals surface area (Å²) in [6.45, 7) is 9.46. The first-order valence-corrected chi connectivity index (χ1v) is 28.4. The van der Waals surface area contributed by atoms with Crippen molar-refractivity contribution in [1.82, 2.24) is 0 Å². The van der Waals surface area contributed by atoms with Crippen LogP contribution in [0.1, 0.15) is 252 Å². The second kappa shape index (κ2) is 52.4. The minimum Gasteiger partial charge on any atom is -0.466 e. The van der Waals surface area contributed by atoms with Crippen molar-refractivity contribution in [1.29, 1.82) is 0 Å². The fourth-order valence-electron chi connectivity index (χ4n) is 6.86. The van der Waals surface area contributed by atoms with E-state index >= 15 is 0 Å². The van der Waals surface area contributed by atoms with Gasteiger partial charge in [0.25, 0.3) is 0 Å². The summed E-state index contributed by atoms with van der Waals surface area (Å²) < 4.78 is 10.5. The Kier molecular flexibility index (Phi) is 53.4. The summed E-state index contributed by atoms with van der Waals surface area (Å²) in [5.74, 6) is 0.685. The maximum absolute atomic E-state index is 11.7. The molecule has 0 aliphatic carbocycles. The number of carbonyl (C=O) groups excluding carboxylic acids is 4. The molecule has 0 N–H and O–H groups in total. The molecule has 9 heteroatoms. The Hall–Kier alpha value is -0.930. The topological polar surface area (TPSA) is 86.7 Å². The monoisotopic (exact) mass is 901 g/mol. The number of ether oxygens (including phenoxy) is 2. The molecule has 6 nitrogen and oxygen atoms in total. The van der Waals surface area contributed by atoms with E-state index in [9.17, 15) is 19.2 Å². The van der Waals surface area contributed by atoms with Crippen LogP contribution in [0.25, 0.3) is 0 Å². The number of carbonyl (C=O) groups is 4. The zero-order valence-electron chi connectivity index (χ0n) is 40.0. The first-order valence-electron chi connectivity index (χ1n) is 25.1. The molecule has 0 amide bonds. The summed E-state index contributed by atoms with van der Waals surface area (Å²) in [5, 5.41) is 0.521. The fourth-order valence-corrected chi connectivity index (χ4v) is 8.85. The summed E-state index contributed by atoms with van der Waals surface area (Å²) in [6.07, 6.45) is 49.4. The van der Waals surface area contributed by atoms with Gasteiger partial charge in [-0.1, -0.05) is 243 Å². The number of rotatable bonds is 44. The van der Waals surface area contributed by atoms with Gasteiger partial charge in [-0.25, -0.2) is 0 Å². The maximum Gasteiger partial charge on any atom is 0.306 e. The van der Waals surface area contributed by atoms with Gasteiger partial charge >= 0.3 is 11.9 Å².